The van der Waals surface area contributed by atoms with Gasteiger partial charge in [-0.05, 0) is 29.9 Å². The van der Waals surface area contributed by atoms with Crippen LogP contribution in [0.1, 0.15) is 29.8 Å². The van der Waals surface area contributed by atoms with Gasteiger partial charge in [0.1, 0.15) is 10.9 Å². The lowest BCUT2D eigenvalue weighted by molar-refractivity contribution is 0.418. The predicted octanol–water partition coefficient (Wildman–Crippen LogP) is 3.75. The first-order valence-corrected chi connectivity index (χ1v) is 7.59. The lowest BCUT2D eigenvalue weighted by atomic mass is 9.95. The molecule has 1 aromatic carbocycles. The molecule has 1 aliphatic rings. The normalized spacial score (nSPS) is 15.6. The van der Waals surface area contributed by atoms with Crippen molar-refractivity contribution in [3.05, 3.63) is 58.7 Å². The van der Waals surface area contributed by atoms with Gasteiger partial charge >= 0.3 is 0 Å². The summed E-state index contributed by atoms with van der Waals surface area (Å²) in [5, 5.41) is 15.1. The standard InChI is InChI=1S/C16H11N3OS/c17-10-11-6-9-21-13(11)14-18-15(19-20-14)16(7-8-16)12-4-2-1-3-5-12/h1-6,9H,7-8H2. The molecule has 0 bridgehead atoms. The average molecular weight is 293 g/mol. The highest BCUT2D eigenvalue weighted by Gasteiger charge is 2.50. The molecule has 0 unspecified atom stereocenters. The molecule has 0 saturated heterocycles. The van der Waals surface area contributed by atoms with Crippen molar-refractivity contribution in [1.82, 2.24) is 10.1 Å². The van der Waals surface area contributed by atoms with Gasteiger partial charge in [0, 0.05) is 0 Å². The van der Waals surface area contributed by atoms with Gasteiger partial charge in [-0.15, -0.1) is 11.3 Å². The van der Waals surface area contributed by atoms with E-state index in [1.165, 1.54) is 16.9 Å². The highest BCUT2D eigenvalue weighted by atomic mass is 32.1. The lowest BCUT2D eigenvalue weighted by Crippen LogP contribution is -2.10. The smallest absolute Gasteiger partial charge is 0.269 e. The SMILES string of the molecule is N#Cc1ccsc1-c1nc(C2(c3ccccc3)CC2)no1. The van der Waals surface area contributed by atoms with E-state index in [1.54, 1.807) is 6.07 Å². The molecule has 1 fully saturated rings. The number of hydrogen-bond donors (Lipinski definition) is 0. The fraction of sp³-hybridized carbons (Fsp3) is 0.188. The molecule has 0 aliphatic heterocycles. The Hall–Kier alpha value is -2.45. The molecule has 0 amide bonds. The van der Waals surface area contributed by atoms with Gasteiger partial charge in [0.05, 0.1) is 11.0 Å². The molecule has 0 N–H and O–H groups in total. The van der Waals surface area contributed by atoms with E-state index in [4.69, 9.17) is 9.78 Å². The molecule has 4 rings (SSSR count). The summed E-state index contributed by atoms with van der Waals surface area (Å²) in [4.78, 5) is 5.30. The molecule has 2 heterocycles. The van der Waals surface area contributed by atoms with Crippen molar-refractivity contribution < 1.29 is 4.52 Å². The van der Waals surface area contributed by atoms with Crippen molar-refractivity contribution in [3.63, 3.8) is 0 Å². The molecule has 0 atom stereocenters. The van der Waals surface area contributed by atoms with Gasteiger partial charge in [-0.2, -0.15) is 10.2 Å². The highest BCUT2D eigenvalue weighted by molar-refractivity contribution is 7.13. The summed E-state index contributed by atoms with van der Waals surface area (Å²) < 4.78 is 5.40. The van der Waals surface area contributed by atoms with Crippen LogP contribution < -0.4 is 0 Å². The molecular weight excluding hydrogens is 282 g/mol. The number of rotatable bonds is 3. The Bertz CT molecular complexity index is 825. The summed E-state index contributed by atoms with van der Waals surface area (Å²) in [5.74, 6) is 1.17. The van der Waals surface area contributed by atoms with E-state index in [0.29, 0.717) is 11.5 Å². The number of benzene rings is 1. The Kier molecular flexibility index (Phi) is 2.66. The quantitative estimate of drug-likeness (QED) is 0.737. The van der Waals surface area contributed by atoms with E-state index in [1.807, 2.05) is 23.6 Å². The van der Waals surface area contributed by atoms with E-state index in [2.05, 4.69) is 28.3 Å². The largest absolute Gasteiger partial charge is 0.333 e. The Morgan fingerprint density at radius 1 is 1.19 bits per heavy atom. The Morgan fingerprint density at radius 2 is 2.00 bits per heavy atom. The van der Waals surface area contributed by atoms with Crippen LogP contribution in [0, 0.1) is 11.3 Å². The molecule has 102 valence electrons. The minimum Gasteiger partial charge on any atom is -0.333 e. The molecule has 3 aromatic rings. The fourth-order valence-corrected chi connectivity index (χ4v) is 3.36. The highest BCUT2D eigenvalue weighted by Crippen LogP contribution is 2.52. The number of hydrogen-bond acceptors (Lipinski definition) is 5. The van der Waals surface area contributed by atoms with Crippen molar-refractivity contribution >= 4 is 11.3 Å². The number of thiophene rings is 1. The van der Waals surface area contributed by atoms with Crippen LogP contribution >= 0.6 is 11.3 Å². The number of aromatic nitrogens is 2. The summed E-state index contributed by atoms with van der Waals surface area (Å²) in [6, 6.07) is 14.2. The summed E-state index contributed by atoms with van der Waals surface area (Å²) in [6.07, 6.45) is 2.07. The molecule has 0 spiro atoms. The van der Waals surface area contributed by atoms with E-state index in [0.717, 1.165) is 23.5 Å². The van der Waals surface area contributed by atoms with Crippen molar-refractivity contribution in [2.75, 3.05) is 0 Å². The summed E-state index contributed by atoms with van der Waals surface area (Å²) in [6.45, 7) is 0. The van der Waals surface area contributed by atoms with Gasteiger partial charge in [0.25, 0.3) is 5.89 Å². The van der Waals surface area contributed by atoms with Gasteiger partial charge in [-0.3, -0.25) is 0 Å². The van der Waals surface area contributed by atoms with Gasteiger partial charge < -0.3 is 4.52 Å². The molecule has 0 radical (unpaired) electrons. The van der Waals surface area contributed by atoms with E-state index in [-0.39, 0.29) is 5.41 Å². The molecule has 5 heteroatoms. The van der Waals surface area contributed by atoms with Crippen LogP contribution in [0.5, 0.6) is 0 Å². The number of nitriles is 1. The molecule has 1 aliphatic carbocycles. The molecule has 4 nitrogen and oxygen atoms in total. The maximum absolute atomic E-state index is 9.09. The lowest BCUT2D eigenvalue weighted by Gasteiger charge is -2.09. The summed E-state index contributed by atoms with van der Waals surface area (Å²) >= 11 is 1.45. The minimum absolute atomic E-state index is 0.104. The van der Waals surface area contributed by atoms with E-state index >= 15 is 0 Å². The van der Waals surface area contributed by atoms with Crippen LogP contribution in [0.3, 0.4) is 0 Å². The van der Waals surface area contributed by atoms with Crippen LogP contribution in [0.15, 0.2) is 46.3 Å². The Labute approximate surface area is 125 Å². The molecular formula is C16H11N3OS. The first kappa shape index (κ1) is 12.3. The zero-order chi connectivity index (χ0) is 14.3. The van der Waals surface area contributed by atoms with E-state index in [9.17, 15) is 0 Å². The average Bonchev–Trinajstić information content (AvgIpc) is 2.99. The van der Waals surface area contributed by atoms with E-state index < -0.39 is 0 Å². The third-order valence-corrected chi connectivity index (χ3v) is 4.81. The topological polar surface area (TPSA) is 62.7 Å². The molecule has 2 aromatic heterocycles. The Balaban J connectivity index is 1.75. The van der Waals surface area contributed by atoms with Crippen molar-refractivity contribution in [3.8, 4) is 16.8 Å². The monoisotopic (exact) mass is 293 g/mol. The molecule has 21 heavy (non-hydrogen) atoms. The van der Waals surface area contributed by atoms with Crippen LogP contribution in [0.4, 0.5) is 0 Å². The Morgan fingerprint density at radius 3 is 2.71 bits per heavy atom. The third kappa shape index (κ3) is 1.88. The van der Waals surface area contributed by atoms with Gasteiger partial charge in [-0.1, -0.05) is 35.5 Å². The predicted molar refractivity (Wildman–Crippen MR) is 78.8 cm³/mol. The van der Waals surface area contributed by atoms with Crippen molar-refractivity contribution in [2.24, 2.45) is 0 Å². The maximum Gasteiger partial charge on any atom is 0.269 e. The number of nitrogens with zero attached hydrogens (tertiary/aromatic N) is 3. The van der Waals surface area contributed by atoms with Crippen LogP contribution in [0.2, 0.25) is 0 Å². The van der Waals surface area contributed by atoms with Crippen molar-refractivity contribution in [1.29, 1.82) is 5.26 Å². The van der Waals surface area contributed by atoms with Gasteiger partial charge in [-0.25, -0.2) is 0 Å². The first-order valence-electron chi connectivity index (χ1n) is 6.71. The zero-order valence-electron chi connectivity index (χ0n) is 11.1. The van der Waals surface area contributed by atoms with Crippen molar-refractivity contribution in [2.45, 2.75) is 18.3 Å². The first-order chi connectivity index (χ1) is 10.3. The third-order valence-electron chi connectivity index (χ3n) is 3.91. The van der Waals surface area contributed by atoms with Gasteiger partial charge in [0.2, 0.25) is 0 Å². The minimum atomic E-state index is -0.104. The zero-order valence-corrected chi connectivity index (χ0v) is 11.9. The summed E-state index contributed by atoms with van der Waals surface area (Å²) in [5.41, 5.74) is 1.70. The van der Waals surface area contributed by atoms with Crippen LogP contribution in [-0.2, 0) is 5.41 Å². The van der Waals surface area contributed by atoms with Crippen LogP contribution in [0.25, 0.3) is 10.8 Å². The fourth-order valence-electron chi connectivity index (χ4n) is 2.60. The second-order valence-corrected chi connectivity index (χ2v) is 6.06. The van der Waals surface area contributed by atoms with Crippen LogP contribution in [-0.4, -0.2) is 10.1 Å². The summed E-state index contributed by atoms with van der Waals surface area (Å²) in [7, 11) is 0. The maximum atomic E-state index is 9.09. The second kappa shape index (κ2) is 4.54. The van der Waals surface area contributed by atoms with Gasteiger partial charge in [0.15, 0.2) is 5.82 Å². The second-order valence-electron chi connectivity index (χ2n) is 5.15. The molecule has 1 saturated carbocycles.